The van der Waals surface area contributed by atoms with Crippen molar-refractivity contribution in [2.45, 2.75) is 12.5 Å². The van der Waals surface area contributed by atoms with Crippen LogP contribution in [0.5, 0.6) is 11.5 Å². The van der Waals surface area contributed by atoms with Crippen molar-refractivity contribution in [1.29, 1.82) is 0 Å². The van der Waals surface area contributed by atoms with Gasteiger partial charge in [-0.1, -0.05) is 18.2 Å². The Morgan fingerprint density at radius 3 is 2.40 bits per heavy atom. The summed E-state index contributed by atoms with van der Waals surface area (Å²) in [5.41, 5.74) is 2.07. The Hall–Kier alpha value is -2.11. The van der Waals surface area contributed by atoms with Gasteiger partial charge in [0.2, 0.25) is 0 Å². The van der Waals surface area contributed by atoms with Crippen molar-refractivity contribution >= 4 is 0 Å². The first-order valence-electron chi connectivity index (χ1n) is 8.65. The molecule has 1 unspecified atom stereocenters. The van der Waals surface area contributed by atoms with E-state index in [2.05, 4.69) is 22.3 Å². The minimum Gasteiger partial charge on any atom is -0.497 e. The van der Waals surface area contributed by atoms with E-state index in [4.69, 9.17) is 9.47 Å². The van der Waals surface area contributed by atoms with Crippen LogP contribution in [-0.4, -0.2) is 45.3 Å². The molecule has 0 aliphatic carbocycles. The van der Waals surface area contributed by atoms with Crippen molar-refractivity contribution in [2.24, 2.45) is 0 Å². The Morgan fingerprint density at radius 1 is 0.960 bits per heavy atom. The largest absolute Gasteiger partial charge is 0.497 e. The maximum absolute atomic E-state index is 14.3. The molecule has 134 valence electrons. The van der Waals surface area contributed by atoms with E-state index < -0.39 is 0 Å². The first kappa shape index (κ1) is 17.7. The number of rotatable bonds is 5. The molecule has 0 saturated carbocycles. The van der Waals surface area contributed by atoms with E-state index in [1.54, 1.807) is 19.2 Å². The zero-order valence-electron chi connectivity index (χ0n) is 14.8. The molecule has 3 rings (SSSR count). The second-order valence-electron chi connectivity index (χ2n) is 6.21. The van der Waals surface area contributed by atoms with Gasteiger partial charge >= 0.3 is 0 Å². The molecule has 5 heteroatoms. The molecule has 2 aromatic rings. The fraction of sp³-hybridized carbons (Fsp3) is 0.400. The lowest BCUT2D eigenvalue weighted by atomic mass is 9.96. The van der Waals surface area contributed by atoms with Gasteiger partial charge in [-0.15, -0.1) is 0 Å². The van der Waals surface area contributed by atoms with Gasteiger partial charge in [0.25, 0.3) is 0 Å². The zero-order valence-corrected chi connectivity index (χ0v) is 14.8. The van der Waals surface area contributed by atoms with Crippen LogP contribution in [0.3, 0.4) is 0 Å². The van der Waals surface area contributed by atoms with Crippen LogP contribution >= 0.6 is 0 Å². The van der Waals surface area contributed by atoms with Crippen LogP contribution in [0.15, 0.2) is 42.5 Å². The van der Waals surface area contributed by atoms with Gasteiger partial charge in [-0.2, -0.15) is 0 Å². The molecule has 1 saturated heterocycles. The number of hydrogen-bond donors (Lipinski definition) is 1. The number of nitrogens with one attached hydrogen (secondary N) is 1. The van der Waals surface area contributed by atoms with Gasteiger partial charge < -0.3 is 14.8 Å². The average Bonchev–Trinajstić information content (AvgIpc) is 2.92. The highest BCUT2D eigenvalue weighted by atomic mass is 19.1. The highest BCUT2D eigenvalue weighted by molar-refractivity contribution is 5.38. The van der Waals surface area contributed by atoms with E-state index in [0.717, 1.165) is 49.5 Å². The van der Waals surface area contributed by atoms with Gasteiger partial charge in [-0.3, -0.25) is 4.90 Å². The van der Waals surface area contributed by atoms with Gasteiger partial charge in [-0.25, -0.2) is 4.39 Å². The van der Waals surface area contributed by atoms with E-state index in [1.165, 1.54) is 7.11 Å². The smallest absolute Gasteiger partial charge is 0.165 e. The van der Waals surface area contributed by atoms with Crippen LogP contribution in [0.2, 0.25) is 0 Å². The molecule has 2 aromatic carbocycles. The lowest BCUT2D eigenvalue weighted by molar-refractivity contribution is 0.240. The first-order valence-corrected chi connectivity index (χ1v) is 8.65. The zero-order chi connectivity index (χ0) is 17.6. The van der Waals surface area contributed by atoms with Crippen LogP contribution in [0.1, 0.15) is 23.6 Å². The van der Waals surface area contributed by atoms with E-state index in [1.807, 2.05) is 18.2 Å². The number of halogens is 1. The summed E-state index contributed by atoms with van der Waals surface area (Å²) in [6, 6.07) is 13.3. The van der Waals surface area contributed by atoms with Crippen molar-refractivity contribution in [1.82, 2.24) is 10.2 Å². The Bertz CT molecular complexity index is 683. The summed E-state index contributed by atoms with van der Waals surface area (Å²) in [4.78, 5) is 2.41. The molecule has 0 amide bonds. The third-order valence-electron chi connectivity index (χ3n) is 4.66. The summed E-state index contributed by atoms with van der Waals surface area (Å²) < 4.78 is 24.7. The van der Waals surface area contributed by atoms with Crippen LogP contribution in [0.4, 0.5) is 4.39 Å². The van der Waals surface area contributed by atoms with Crippen molar-refractivity contribution < 1.29 is 13.9 Å². The lowest BCUT2D eigenvalue weighted by Gasteiger charge is -2.31. The minimum atomic E-state index is -0.327. The summed E-state index contributed by atoms with van der Waals surface area (Å²) in [6.45, 7) is 3.84. The molecule has 1 aliphatic rings. The van der Waals surface area contributed by atoms with E-state index in [-0.39, 0.29) is 17.6 Å². The molecule has 1 N–H and O–H groups in total. The molecule has 0 bridgehead atoms. The average molecular weight is 344 g/mol. The maximum Gasteiger partial charge on any atom is 0.165 e. The van der Waals surface area contributed by atoms with Crippen molar-refractivity contribution in [3.05, 3.63) is 59.4 Å². The third kappa shape index (κ3) is 4.11. The number of hydrogen-bond acceptors (Lipinski definition) is 4. The fourth-order valence-electron chi connectivity index (χ4n) is 3.38. The van der Waals surface area contributed by atoms with E-state index >= 15 is 0 Å². The third-order valence-corrected chi connectivity index (χ3v) is 4.66. The Labute approximate surface area is 148 Å². The van der Waals surface area contributed by atoms with Gasteiger partial charge in [-0.05, 0) is 48.4 Å². The standard InChI is InChI=1S/C20H25FN2O2/c1-24-17-7-4-15(5-8-17)20(23-12-3-10-22-11-13-23)16-6-9-19(25-2)18(21)14-16/h4-9,14,20,22H,3,10-13H2,1-2H3. The summed E-state index contributed by atoms with van der Waals surface area (Å²) >= 11 is 0. The molecule has 1 atom stereocenters. The molecule has 0 spiro atoms. The monoisotopic (exact) mass is 344 g/mol. The first-order chi connectivity index (χ1) is 12.2. The Morgan fingerprint density at radius 2 is 1.72 bits per heavy atom. The van der Waals surface area contributed by atoms with Crippen molar-refractivity contribution in [3.63, 3.8) is 0 Å². The summed E-state index contributed by atoms with van der Waals surface area (Å²) in [7, 11) is 3.14. The second-order valence-corrected chi connectivity index (χ2v) is 6.21. The number of methoxy groups -OCH3 is 2. The molecular formula is C20H25FN2O2. The van der Waals surface area contributed by atoms with E-state index in [0.29, 0.717) is 0 Å². The van der Waals surface area contributed by atoms with Gasteiger partial charge in [0.15, 0.2) is 11.6 Å². The number of nitrogens with zero attached hydrogens (tertiary/aromatic N) is 1. The SMILES string of the molecule is COc1ccc(C(c2ccc(OC)c(F)c2)N2CCCNCC2)cc1. The molecular weight excluding hydrogens is 319 g/mol. The van der Waals surface area contributed by atoms with Crippen LogP contribution in [0.25, 0.3) is 0 Å². The molecule has 1 heterocycles. The molecule has 25 heavy (non-hydrogen) atoms. The fourth-order valence-corrected chi connectivity index (χ4v) is 3.38. The van der Waals surface area contributed by atoms with E-state index in [9.17, 15) is 4.39 Å². The van der Waals surface area contributed by atoms with Crippen LogP contribution in [0, 0.1) is 5.82 Å². The molecule has 0 radical (unpaired) electrons. The molecule has 1 fully saturated rings. The minimum absolute atomic E-state index is 0.00575. The van der Waals surface area contributed by atoms with Crippen LogP contribution in [-0.2, 0) is 0 Å². The highest BCUT2D eigenvalue weighted by Gasteiger charge is 2.24. The number of benzene rings is 2. The predicted molar refractivity (Wildman–Crippen MR) is 96.8 cm³/mol. The quantitative estimate of drug-likeness (QED) is 0.903. The maximum atomic E-state index is 14.3. The molecule has 0 aromatic heterocycles. The van der Waals surface area contributed by atoms with Gasteiger partial charge in [0, 0.05) is 19.6 Å². The highest BCUT2D eigenvalue weighted by Crippen LogP contribution is 2.32. The van der Waals surface area contributed by atoms with Crippen molar-refractivity contribution in [3.8, 4) is 11.5 Å². The summed E-state index contributed by atoms with van der Waals surface area (Å²) in [5.74, 6) is 0.766. The number of ether oxygens (including phenoxy) is 2. The molecule has 4 nitrogen and oxygen atoms in total. The Kier molecular flexibility index (Phi) is 5.89. The Balaban J connectivity index is 1.99. The predicted octanol–water partition coefficient (Wildman–Crippen LogP) is 3.23. The normalized spacial score (nSPS) is 16.9. The summed E-state index contributed by atoms with van der Waals surface area (Å²) in [5, 5.41) is 3.43. The van der Waals surface area contributed by atoms with Gasteiger partial charge in [0.1, 0.15) is 5.75 Å². The molecule has 1 aliphatic heterocycles. The second kappa shape index (κ2) is 8.32. The van der Waals surface area contributed by atoms with Crippen molar-refractivity contribution in [2.75, 3.05) is 40.4 Å². The summed E-state index contributed by atoms with van der Waals surface area (Å²) in [6.07, 6.45) is 1.07. The topological polar surface area (TPSA) is 33.7 Å². The van der Waals surface area contributed by atoms with Gasteiger partial charge in [0.05, 0.1) is 20.3 Å². The lowest BCUT2D eigenvalue weighted by Crippen LogP contribution is -2.33. The van der Waals surface area contributed by atoms with Crippen LogP contribution < -0.4 is 14.8 Å².